The third-order valence-corrected chi connectivity index (χ3v) is 3.71. The topological polar surface area (TPSA) is 61.4 Å². The Morgan fingerprint density at radius 3 is 2.90 bits per heavy atom. The van der Waals surface area contributed by atoms with Gasteiger partial charge in [0.25, 0.3) is 0 Å². The number of anilines is 1. The molecule has 0 saturated heterocycles. The third-order valence-electron chi connectivity index (χ3n) is 3.71. The van der Waals surface area contributed by atoms with Crippen LogP contribution in [0.3, 0.4) is 0 Å². The van der Waals surface area contributed by atoms with Gasteiger partial charge in [0.2, 0.25) is 0 Å². The van der Waals surface area contributed by atoms with Gasteiger partial charge in [-0.1, -0.05) is 0 Å². The fourth-order valence-electron chi connectivity index (χ4n) is 2.65. The van der Waals surface area contributed by atoms with Crippen molar-refractivity contribution in [1.82, 2.24) is 5.32 Å². The van der Waals surface area contributed by atoms with Crippen molar-refractivity contribution in [3.8, 4) is 0 Å². The molecule has 0 bridgehead atoms. The van der Waals surface area contributed by atoms with Crippen molar-refractivity contribution in [2.75, 3.05) is 11.9 Å². The molecule has 4 heteroatoms. The Morgan fingerprint density at radius 2 is 2.25 bits per heavy atom. The number of aliphatic hydroxyl groups excluding tert-OH is 1. The van der Waals surface area contributed by atoms with Gasteiger partial charge in [0, 0.05) is 22.8 Å². The summed E-state index contributed by atoms with van der Waals surface area (Å²) in [4.78, 5) is 12.5. The van der Waals surface area contributed by atoms with Gasteiger partial charge in [-0.2, -0.15) is 0 Å². The Balaban J connectivity index is 2.12. The summed E-state index contributed by atoms with van der Waals surface area (Å²) >= 11 is 0. The van der Waals surface area contributed by atoms with Crippen molar-refractivity contribution in [3.05, 3.63) is 29.3 Å². The summed E-state index contributed by atoms with van der Waals surface area (Å²) in [5, 5.41) is 15.8. The van der Waals surface area contributed by atoms with E-state index in [9.17, 15) is 9.90 Å². The van der Waals surface area contributed by atoms with Crippen molar-refractivity contribution in [2.24, 2.45) is 0 Å². The second-order valence-corrected chi connectivity index (χ2v) is 6.39. The van der Waals surface area contributed by atoms with Crippen LogP contribution in [0.2, 0.25) is 0 Å². The lowest BCUT2D eigenvalue weighted by Crippen LogP contribution is -2.50. The lowest BCUT2D eigenvalue weighted by Gasteiger charge is -2.27. The third kappa shape index (κ3) is 3.19. The summed E-state index contributed by atoms with van der Waals surface area (Å²) in [6, 6.07) is 5.95. The molecule has 4 nitrogen and oxygen atoms in total. The van der Waals surface area contributed by atoms with Crippen molar-refractivity contribution in [1.29, 1.82) is 0 Å². The molecule has 3 N–H and O–H groups in total. The lowest BCUT2D eigenvalue weighted by molar-refractivity contribution is 0.0911. The second-order valence-electron chi connectivity index (χ2n) is 6.39. The SMILES string of the molecule is CC1Cc2cc(C(=O)C(C)NC(C)(C)CO)ccc2N1. The van der Waals surface area contributed by atoms with Gasteiger partial charge >= 0.3 is 0 Å². The fraction of sp³-hybridized carbons (Fsp3) is 0.562. The van der Waals surface area contributed by atoms with E-state index in [0.29, 0.717) is 6.04 Å². The maximum atomic E-state index is 12.5. The maximum absolute atomic E-state index is 12.5. The molecule has 2 rings (SSSR count). The Hall–Kier alpha value is -1.39. The molecular weight excluding hydrogens is 252 g/mol. The zero-order valence-electron chi connectivity index (χ0n) is 12.7. The summed E-state index contributed by atoms with van der Waals surface area (Å²) in [6.45, 7) is 7.73. The minimum absolute atomic E-state index is 0.00373. The van der Waals surface area contributed by atoms with Crippen LogP contribution >= 0.6 is 0 Å². The van der Waals surface area contributed by atoms with Crippen LogP contribution in [-0.2, 0) is 6.42 Å². The molecule has 0 fully saturated rings. The van der Waals surface area contributed by atoms with E-state index in [2.05, 4.69) is 17.6 Å². The molecular formula is C16H24N2O2. The molecule has 0 radical (unpaired) electrons. The van der Waals surface area contributed by atoms with Crippen LogP contribution in [0.25, 0.3) is 0 Å². The number of nitrogens with one attached hydrogen (secondary N) is 2. The number of Topliss-reactive ketones (excluding diaryl/α,β-unsaturated/α-hetero) is 1. The Bertz CT molecular complexity index is 511. The van der Waals surface area contributed by atoms with Crippen LogP contribution in [0, 0.1) is 0 Å². The molecule has 1 aromatic carbocycles. The molecule has 110 valence electrons. The first kappa shape index (κ1) is 15.0. The van der Waals surface area contributed by atoms with E-state index in [1.165, 1.54) is 5.56 Å². The number of ketones is 1. The number of rotatable bonds is 5. The van der Waals surface area contributed by atoms with Crippen molar-refractivity contribution in [2.45, 2.75) is 51.7 Å². The van der Waals surface area contributed by atoms with Crippen LogP contribution in [0.4, 0.5) is 5.69 Å². The molecule has 2 unspecified atom stereocenters. The van der Waals surface area contributed by atoms with Gasteiger partial charge in [-0.3, -0.25) is 4.79 Å². The van der Waals surface area contributed by atoms with Gasteiger partial charge in [-0.15, -0.1) is 0 Å². The van der Waals surface area contributed by atoms with Gasteiger partial charge < -0.3 is 15.7 Å². The molecule has 0 aliphatic carbocycles. The first-order valence-corrected chi connectivity index (χ1v) is 7.14. The zero-order valence-corrected chi connectivity index (χ0v) is 12.7. The molecule has 20 heavy (non-hydrogen) atoms. The predicted molar refractivity (Wildman–Crippen MR) is 81.3 cm³/mol. The van der Waals surface area contributed by atoms with Gasteiger partial charge in [0.05, 0.1) is 12.6 Å². The number of carbonyl (C=O) groups is 1. The average Bonchev–Trinajstić information content (AvgIpc) is 2.76. The minimum atomic E-state index is -0.456. The standard InChI is InChI=1S/C16H24N2O2/c1-10-7-13-8-12(5-6-14(13)17-10)15(20)11(2)18-16(3,4)9-19/h5-6,8,10-11,17-19H,7,9H2,1-4H3. The van der Waals surface area contributed by atoms with Crippen LogP contribution in [-0.4, -0.2) is 35.1 Å². The van der Waals surface area contributed by atoms with Gasteiger partial charge in [0.15, 0.2) is 5.78 Å². The maximum Gasteiger partial charge on any atom is 0.179 e. The van der Waals surface area contributed by atoms with E-state index in [4.69, 9.17) is 0 Å². The molecule has 1 heterocycles. The summed E-state index contributed by atoms with van der Waals surface area (Å²) in [7, 11) is 0. The van der Waals surface area contributed by atoms with Crippen molar-refractivity contribution < 1.29 is 9.90 Å². The molecule has 1 aromatic rings. The van der Waals surface area contributed by atoms with Crippen LogP contribution < -0.4 is 10.6 Å². The molecule has 1 aliphatic rings. The number of benzene rings is 1. The summed E-state index contributed by atoms with van der Waals surface area (Å²) in [6.07, 6.45) is 0.959. The van der Waals surface area contributed by atoms with Crippen LogP contribution in [0.1, 0.15) is 43.6 Å². The lowest BCUT2D eigenvalue weighted by atomic mass is 9.98. The second kappa shape index (κ2) is 5.54. The summed E-state index contributed by atoms with van der Waals surface area (Å²) < 4.78 is 0. The first-order valence-electron chi connectivity index (χ1n) is 7.14. The number of hydrogen-bond donors (Lipinski definition) is 3. The van der Waals surface area contributed by atoms with Crippen molar-refractivity contribution >= 4 is 11.5 Å². The Labute approximate surface area is 120 Å². The van der Waals surface area contributed by atoms with E-state index >= 15 is 0 Å². The highest BCUT2D eigenvalue weighted by atomic mass is 16.3. The predicted octanol–water partition coefficient (Wildman–Crippen LogP) is 1.97. The Morgan fingerprint density at radius 1 is 1.55 bits per heavy atom. The first-order chi connectivity index (χ1) is 9.32. The van der Waals surface area contributed by atoms with Crippen molar-refractivity contribution in [3.63, 3.8) is 0 Å². The zero-order chi connectivity index (χ0) is 14.9. The van der Waals surface area contributed by atoms with E-state index in [0.717, 1.165) is 17.7 Å². The quantitative estimate of drug-likeness (QED) is 0.720. The highest BCUT2D eigenvalue weighted by Crippen LogP contribution is 2.27. The summed E-state index contributed by atoms with van der Waals surface area (Å²) in [5.74, 6) is 0.0638. The van der Waals surface area contributed by atoms with E-state index in [1.54, 1.807) is 0 Å². The van der Waals surface area contributed by atoms with Crippen LogP contribution in [0.15, 0.2) is 18.2 Å². The van der Waals surface area contributed by atoms with Crippen LogP contribution in [0.5, 0.6) is 0 Å². The van der Waals surface area contributed by atoms with Gasteiger partial charge in [0.1, 0.15) is 0 Å². The molecule has 0 amide bonds. The average molecular weight is 276 g/mol. The molecule has 2 atom stereocenters. The highest BCUT2D eigenvalue weighted by Gasteiger charge is 2.25. The largest absolute Gasteiger partial charge is 0.394 e. The monoisotopic (exact) mass is 276 g/mol. The molecule has 0 spiro atoms. The van der Waals surface area contributed by atoms with Gasteiger partial charge in [-0.25, -0.2) is 0 Å². The van der Waals surface area contributed by atoms with E-state index < -0.39 is 5.54 Å². The summed E-state index contributed by atoms with van der Waals surface area (Å²) in [5.41, 5.74) is 2.61. The van der Waals surface area contributed by atoms with Gasteiger partial charge in [-0.05, 0) is 57.9 Å². The molecule has 1 aliphatic heterocycles. The number of carbonyl (C=O) groups excluding carboxylic acids is 1. The van der Waals surface area contributed by atoms with E-state index in [-0.39, 0.29) is 18.4 Å². The molecule has 0 aromatic heterocycles. The number of aliphatic hydroxyl groups is 1. The fourth-order valence-corrected chi connectivity index (χ4v) is 2.65. The Kier molecular flexibility index (Phi) is 4.16. The number of fused-ring (bicyclic) bond motifs is 1. The molecule has 0 saturated carbocycles. The highest BCUT2D eigenvalue weighted by molar-refractivity contribution is 6.00. The van der Waals surface area contributed by atoms with E-state index in [1.807, 2.05) is 39.0 Å². The smallest absolute Gasteiger partial charge is 0.179 e. The number of hydrogen-bond acceptors (Lipinski definition) is 4. The minimum Gasteiger partial charge on any atom is -0.394 e. The normalized spacial score (nSPS) is 19.4.